The second-order valence-electron chi connectivity index (χ2n) is 8.06. The molecule has 1 aliphatic heterocycles. The maximum absolute atomic E-state index is 12.9. The zero-order valence-electron chi connectivity index (χ0n) is 18.2. The van der Waals surface area contributed by atoms with Crippen molar-refractivity contribution in [3.05, 3.63) is 72.4 Å². The second-order valence-corrected chi connectivity index (χ2v) is 8.06. The van der Waals surface area contributed by atoms with Crippen LogP contribution in [0.5, 0.6) is 5.75 Å². The molecule has 0 bridgehead atoms. The average Bonchev–Trinajstić information content (AvgIpc) is 3.45. The predicted molar refractivity (Wildman–Crippen MR) is 125 cm³/mol. The SMILES string of the molecule is COc1ccc(-c2nc3cccnc3n2C2CCN(C(=O)Nc3ccc(C)cc3)C2)cc1. The molecule has 0 radical (unpaired) electrons. The summed E-state index contributed by atoms with van der Waals surface area (Å²) in [5.41, 5.74) is 4.64. The number of hydrogen-bond donors (Lipinski definition) is 1. The smallest absolute Gasteiger partial charge is 0.321 e. The lowest BCUT2D eigenvalue weighted by molar-refractivity contribution is 0.221. The number of imidazole rings is 1. The number of hydrogen-bond acceptors (Lipinski definition) is 4. The Bertz CT molecular complexity index is 1250. The van der Waals surface area contributed by atoms with Crippen LogP contribution in [-0.4, -0.2) is 45.7 Å². The summed E-state index contributed by atoms with van der Waals surface area (Å²) >= 11 is 0. The zero-order chi connectivity index (χ0) is 22.1. The third-order valence-electron chi connectivity index (χ3n) is 5.92. The quantitative estimate of drug-likeness (QED) is 0.503. The van der Waals surface area contributed by atoms with E-state index in [1.807, 2.05) is 72.5 Å². The Hall–Kier alpha value is -3.87. The maximum Gasteiger partial charge on any atom is 0.321 e. The molecule has 1 saturated heterocycles. The van der Waals surface area contributed by atoms with Gasteiger partial charge in [-0.3, -0.25) is 0 Å². The Morgan fingerprint density at radius 3 is 2.62 bits per heavy atom. The average molecular weight is 428 g/mol. The molecule has 4 aromatic rings. The lowest BCUT2D eigenvalue weighted by atomic mass is 10.2. The minimum absolute atomic E-state index is 0.0836. The Morgan fingerprint density at radius 1 is 1.09 bits per heavy atom. The van der Waals surface area contributed by atoms with Crippen LogP contribution < -0.4 is 10.1 Å². The number of benzene rings is 2. The molecule has 0 spiro atoms. The number of nitrogens with one attached hydrogen (secondary N) is 1. The molecule has 32 heavy (non-hydrogen) atoms. The first-order valence-corrected chi connectivity index (χ1v) is 10.7. The lowest BCUT2D eigenvalue weighted by Crippen LogP contribution is -2.33. The van der Waals surface area contributed by atoms with Crippen LogP contribution in [0.3, 0.4) is 0 Å². The molecule has 7 nitrogen and oxygen atoms in total. The highest BCUT2D eigenvalue weighted by atomic mass is 16.5. The highest BCUT2D eigenvalue weighted by molar-refractivity contribution is 5.89. The summed E-state index contributed by atoms with van der Waals surface area (Å²) in [4.78, 5) is 24.2. The summed E-state index contributed by atoms with van der Waals surface area (Å²) in [6.45, 7) is 3.31. The van der Waals surface area contributed by atoms with E-state index in [-0.39, 0.29) is 12.1 Å². The number of nitrogens with zero attached hydrogens (tertiary/aromatic N) is 4. The Labute approximate surface area is 186 Å². The molecular weight excluding hydrogens is 402 g/mol. The minimum Gasteiger partial charge on any atom is -0.497 e. The van der Waals surface area contributed by atoms with E-state index in [0.717, 1.165) is 46.0 Å². The molecule has 1 atom stereocenters. The molecule has 0 saturated carbocycles. The first-order chi connectivity index (χ1) is 15.6. The highest BCUT2D eigenvalue weighted by Crippen LogP contribution is 2.33. The van der Waals surface area contributed by atoms with Crippen molar-refractivity contribution >= 4 is 22.9 Å². The van der Waals surface area contributed by atoms with Crippen LogP contribution >= 0.6 is 0 Å². The molecule has 7 heteroatoms. The van der Waals surface area contributed by atoms with Gasteiger partial charge >= 0.3 is 6.03 Å². The monoisotopic (exact) mass is 427 g/mol. The first kappa shape index (κ1) is 20.1. The van der Waals surface area contributed by atoms with E-state index in [9.17, 15) is 4.79 Å². The van der Waals surface area contributed by atoms with Crippen LogP contribution in [0, 0.1) is 6.92 Å². The summed E-state index contributed by atoms with van der Waals surface area (Å²) in [5, 5.41) is 3.01. The van der Waals surface area contributed by atoms with Crippen LogP contribution in [0.15, 0.2) is 66.9 Å². The molecule has 5 rings (SSSR count). The minimum atomic E-state index is -0.0836. The van der Waals surface area contributed by atoms with Gasteiger partial charge in [-0.2, -0.15) is 0 Å². The van der Waals surface area contributed by atoms with Gasteiger partial charge in [0.05, 0.1) is 13.2 Å². The largest absolute Gasteiger partial charge is 0.497 e. The van der Waals surface area contributed by atoms with Gasteiger partial charge in [0.1, 0.15) is 17.1 Å². The fraction of sp³-hybridized carbons (Fsp3) is 0.240. The van der Waals surface area contributed by atoms with Gasteiger partial charge in [-0.1, -0.05) is 17.7 Å². The normalized spacial score (nSPS) is 15.8. The van der Waals surface area contributed by atoms with Crippen LogP contribution in [0.1, 0.15) is 18.0 Å². The number of ether oxygens (including phenoxy) is 1. The van der Waals surface area contributed by atoms with Crippen molar-refractivity contribution in [2.24, 2.45) is 0 Å². The topological polar surface area (TPSA) is 72.3 Å². The van der Waals surface area contributed by atoms with Crippen molar-refractivity contribution in [3.63, 3.8) is 0 Å². The number of anilines is 1. The first-order valence-electron chi connectivity index (χ1n) is 10.7. The van der Waals surface area contributed by atoms with Gasteiger partial charge in [0, 0.05) is 30.5 Å². The highest BCUT2D eigenvalue weighted by Gasteiger charge is 2.31. The molecule has 2 aromatic heterocycles. The fourth-order valence-corrected chi connectivity index (χ4v) is 4.20. The number of amides is 2. The molecular formula is C25H25N5O2. The summed E-state index contributed by atoms with van der Waals surface area (Å²) in [6.07, 6.45) is 2.63. The lowest BCUT2D eigenvalue weighted by Gasteiger charge is -2.19. The molecule has 3 heterocycles. The molecule has 1 unspecified atom stereocenters. The number of aryl methyl sites for hydroxylation is 1. The van der Waals surface area contributed by atoms with Gasteiger partial charge < -0.3 is 19.5 Å². The third kappa shape index (κ3) is 3.77. The Kier molecular flexibility index (Phi) is 5.23. The Morgan fingerprint density at radius 2 is 1.88 bits per heavy atom. The molecule has 2 aromatic carbocycles. The summed E-state index contributed by atoms with van der Waals surface area (Å²) in [5.74, 6) is 1.65. The molecule has 2 amide bonds. The number of rotatable bonds is 4. The molecule has 162 valence electrons. The van der Waals surface area contributed by atoms with Gasteiger partial charge in [0.25, 0.3) is 0 Å². The number of carbonyl (C=O) groups excluding carboxylic acids is 1. The number of fused-ring (bicyclic) bond motifs is 1. The number of methoxy groups -OCH3 is 1. The van der Waals surface area contributed by atoms with Crippen molar-refractivity contribution in [3.8, 4) is 17.1 Å². The number of aromatic nitrogens is 3. The molecule has 1 N–H and O–H groups in total. The second kappa shape index (κ2) is 8.34. The van der Waals surface area contributed by atoms with E-state index in [1.54, 1.807) is 13.3 Å². The van der Waals surface area contributed by atoms with Crippen LogP contribution in [0.25, 0.3) is 22.6 Å². The zero-order valence-corrected chi connectivity index (χ0v) is 18.2. The van der Waals surface area contributed by atoms with Crippen LogP contribution in [0.2, 0.25) is 0 Å². The van der Waals surface area contributed by atoms with E-state index in [4.69, 9.17) is 9.72 Å². The van der Waals surface area contributed by atoms with E-state index >= 15 is 0 Å². The van der Waals surface area contributed by atoms with Gasteiger partial charge in [-0.15, -0.1) is 0 Å². The molecule has 0 aliphatic carbocycles. The van der Waals surface area contributed by atoms with Crippen molar-refractivity contribution in [2.75, 3.05) is 25.5 Å². The maximum atomic E-state index is 12.9. The van der Waals surface area contributed by atoms with Crippen LogP contribution in [0.4, 0.5) is 10.5 Å². The van der Waals surface area contributed by atoms with E-state index in [2.05, 4.69) is 14.9 Å². The van der Waals surface area contributed by atoms with Gasteiger partial charge in [0.15, 0.2) is 5.65 Å². The van der Waals surface area contributed by atoms with Crippen molar-refractivity contribution in [2.45, 2.75) is 19.4 Å². The van der Waals surface area contributed by atoms with Crippen LogP contribution in [-0.2, 0) is 0 Å². The number of pyridine rings is 1. The number of urea groups is 1. The number of likely N-dealkylation sites (tertiary alicyclic amines) is 1. The van der Waals surface area contributed by atoms with Crippen molar-refractivity contribution < 1.29 is 9.53 Å². The van der Waals surface area contributed by atoms with Gasteiger partial charge in [-0.05, 0) is 61.9 Å². The third-order valence-corrected chi connectivity index (χ3v) is 5.92. The fourth-order valence-electron chi connectivity index (χ4n) is 4.20. The van der Waals surface area contributed by atoms with Crippen molar-refractivity contribution in [1.82, 2.24) is 19.4 Å². The van der Waals surface area contributed by atoms with E-state index in [1.165, 1.54) is 0 Å². The van der Waals surface area contributed by atoms with Gasteiger partial charge in [-0.25, -0.2) is 14.8 Å². The summed E-state index contributed by atoms with van der Waals surface area (Å²) in [7, 11) is 1.66. The predicted octanol–water partition coefficient (Wildman–Crippen LogP) is 4.89. The molecule has 1 aliphatic rings. The van der Waals surface area contributed by atoms with Crippen molar-refractivity contribution in [1.29, 1.82) is 0 Å². The Balaban J connectivity index is 1.43. The molecule has 1 fully saturated rings. The van der Waals surface area contributed by atoms with E-state index < -0.39 is 0 Å². The number of carbonyl (C=O) groups is 1. The van der Waals surface area contributed by atoms with Gasteiger partial charge in [0.2, 0.25) is 0 Å². The standard InChI is InChI=1S/C25H25N5O2/c1-17-5-9-19(10-6-17)27-25(31)29-15-13-20(16-29)30-23(18-7-11-21(32-2)12-8-18)28-22-4-3-14-26-24(22)30/h3-12,14,20H,13,15-16H2,1-2H3,(H,27,31). The summed E-state index contributed by atoms with van der Waals surface area (Å²) in [6, 6.07) is 19.6. The summed E-state index contributed by atoms with van der Waals surface area (Å²) < 4.78 is 7.48. The van der Waals surface area contributed by atoms with E-state index in [0.29, 0.717) is 13.1 Å².